The van der Waals surface area contributed by atoms with E-state index in [1.807, 2.05) is 0 Å². The molecule has 0 saturated heterocycles. The summed E-state index contributed by atoms with van der Waals surface area (Å²) < 4.78 is 0. The molecule has 0 atom stereocenters. The summed E-state index contributed by atoms with van der Waals surface area (Å²) in [7, 11) is 0. The van der Waals surface area contributed by atoms with Gasteiger partial charge >= 0.3 is 0 Å². The average Bonchev–Trinajstić information content (AvgIpc) is 2.96. The highest BCUT2D eigenvalue weighted by Crippen LogP contribution is 2.59. The van der Waals surface area contributed by atoms with Gasteiger partial charge in [0.2, 0.25) is 0 Å². The minimum atomic E-state index is 0.0430. The molecule has 2 aliphatic carbocycles. The average molecular weight is 324 g/mol. The van der Waals surface area contributed by atoms with Crippen LogP contribution in [0.5, 0.6) is 0 Å². The number of hydrogen-bond acceptors (Lipinski definition) is 0. The van der Waals surface area contributed by atoms with Crippen molar-refractivity contribution in [3.8, 4) is 22.3 Å². The van der Waals surface area contributed by atoms with Crippen molar-refractivity contribution in [1.82, 2.24) is 0 Å². The third-order valence-electron chi connectivity index (χ3n) is 6.56. The molecular weight excluding hydrogens is 300 g/mol. The molecule has 0 N–H and O–H groups in total. The molecule has 5 rings (SSSR count). The standard InChI is InChI=1S/C25H24/c1-15-9-8-12-20-21(15)18-14-13-17-16-10-6-7-11-19(16)24(2,3)22(17)23(18)25(20,4)5/h6-14H,1-5H3. The van der Waals surface area contributed by atoms with Crippen molar-refractivity contribution >= 4 is 0 Å². The molecule has 0 heteroatoms. The van der Waals surface area contributed by atoms with Crippen LogP contribution < -0.4 is 0 Å². The normalized spacial score (nSPS) is 17.6. The summed E-state index contributed by atoms with van der Waals surface area (Å²) in [6.07, 6.45) is 0. The first-order chi connectivity index (χ1) is 11.8. The molecule has 0 radical (unpaired) electrons. The largest absolute Gasteiger partial charge is 0.0619 e. The van der Waals surface area contributed by atoms with Crippen LogP contribution in [0.2, 0.25) is 0 Å². The van der Waals surface area contributed by atoms with E-state index >= 15 is 0 Å². The van der Waals surface area contributed by atoms with E-state index in [0.717, 1.165) is 0 Å². The summed E-state index contributed by atoms with van der Waals surface area (Å²) in [5.41, 5.74) is 13.2. The highest BCUT2D eigenvalue weighted by Gasteiger charge is 2.45. The van der Waals surface area contributed by atoms with Crippen LogP contribution in [-0.2, 0) is 10.8 Å². The lowest BCUT2D eigenvalue weighted by molar-refractivity contribution is 0.601. The Morgan fingerprint density at radius 2 is 1.16 bits per heavy atom. The van der Waals surface area contributed by atoms with E-state index in [0.29, 0.717) is 0 Å². The lowest BCUT2D eigenvalue weighted by Crippen LogP contribution is -2.24. The summed E-state index contributed by atoms with van der Waals surface area (Å²) in [6.45, 7) is 11.8. The minimum Gasteiger partial charge on any atom is -0.0619 e. The molecule has 25 heavy (non-hydrogen) atoms. The summed E-state index contributed by atoms with van der Waals surface area (Å²) in [6, 6.07) is 20.4. The van der Waals surface area contributed by atoms with Crippen molar-refractivity contribution in [3.05, 3.63) is 82.4 Å². The summed E-state index contributed by atoms with van der Waals surface area (Å²) >= 11 is 0. The van der Waals surface area contributed by atoms with Crippen LogP contribution in [0.15, 0.2) is 54.6 Å². The zero-order chi connectivity index (χ0) is 17.6. The Morgan fingerprint density at radius 1 is 0.560 bits per heavy atom. The monoisotopic (exact) mass is 324 g/mol. The topological polar surface area (TPSA) is 0 Å². The molecule has 0 fully saturated rings. The van der Waals surface area contributed by atoms with Gasteiger partial charge in [-0.3, -0.25) is 0 Å². The maximum atomic E-state index is 2.40. The van der Waals surface area contributed by atoms with Crippen LogP contribution in [0.3, 0.4) is 0 Å². The van der Waals surface area contributed by atoms with Crippen LogP contribution in [-0.4, -0.2) is 0 Å². The van der Waals surface area contributed by atoms with Crippen LogP contribution >= 0.6 is 0 Å². The second-order valence-corrected chi connectivity index (χ2v) is 8.70. The van der Waals surface area contributed by atoms with E-state index in [4.69, 9.17) is 0 Å². The Kier molecular flexibility index (Phi) is 2.65. The minimum absolute atomic E-state index is 0.0430. The number of rotatable bonds is 0. The molecule has 0 heterocycles. The maximum Gasteiger partial charge on any atom is 0.0162 e. The van der Waals surface area contributed by atoms with Gasteiger partial charge in [0.1, 0.15) is 0 Å². The van der Waals surface area contributed by atoms with E-state index in [2.05, 4.69) is 89.2 Å². The molecular formula is C25H24. The van der Waals surface area contributed by atoms with E-state index < -0.39 is 0 Å². The highest BCUT2D eigenvalue weighted by atomic mass is 14.5. The zero-order valence-corrected chi connectivity index (χ0v) is 15.7. The molecule has 3 aromatic rings. The van der Waals surface area contributed by atoms with Gasteiger partial charge in [-0.1, -0.05) is 82.3 Å². The number of benzene rings is 3. The fourth-order valence-electron chi connectivity index (χ4n) is 5.41. The second-order valence-electron chi connectivity index (χ2n) is 8.70. The predicted molar refractivity (Wildman–Crippen MR) is 106 cm³/mol. The van der Waals surface area contributed by atoms with Crippen LogP contribution in [0, 0.1) is 6.92 Å². The lowest BCUT2D eigenvalue weighted by atomic mass is 9.72. The molecule has 2 aliphatic rings. The Hall–Kier alpha value is -2.34. The van der Waals surface area contributed by atoms with Crippen molar-refractivity contribution in [3.63, 3.8) is 0 Å². The van der Waals surface area contributed by atoms with Gasteiger partial charge in [0.15, 0.2) is 0 Å². The Labute approximate surface area is 150 Å². The van der Waals surface area contributed by atoms with Crippen molar-refractivity contribution in [2.24, 2.45) is 0 Å². The third-order valence-corrected chi connectivity index (χ3v) is 6.56. The SMILES string of the molecule is Cc1cccc2c1-c1ccc3c(c1C2(C)C)C(C)(C)c1ccccc1-3. The molecule has 0 aliphatic heterocycles. The van der Waals surface area contributed by atoms with E-state index in [1.165, 1.54) is 50.1 Å². The Balaban J connectivity index is 1.94. The van der Waals surface area contributed by atoms with Crippen molar-refractivity contribution < 1.29 is 0 Å². The smallest absolute Gasteiger partial charge is 0.0162 e. The Morgan fingerprint density at radius 3 is 1.96 bits per heavy atom. The van der Waals surface area contributed by atoms with Crippen LogP contribution in [0.4, 0.5) is 0 Å². The molecule has 0 amide bonds. The lowest BCUT2D eigenvalue weighted by Gasteiger charge is -2.30. The van der Waals surface area contributed by atoms with Gasteiger partial charge in [0.05, 0.1) is 0 Å². The van der Waals surface area contributed by atoms with Crippen LogP contribution in [0.1, 0.15) is 55.5 Å². The first kappa shape index (κ1) is 15.0. The number of aryl methyl sites for hydroxylation is 1. The van der Waals surface area contributed by atoms with Gasteiger partial charge in [0, 0.05) is 10.8 Å². The molecule has 0 spiro atoms. The fraction of sp³-hybridized carbons (Fsp3) is 0.280. The van der Waals surface area contributed by atoms with E-state index in [9.17, 15) is 0 Å². The summed E-state index contributed by atoms with van der Waals surface area (Å²) in [5, 5.41) is 0. The van der Waals surface area contributed by atoms with Crippen molar-refractivity contribution in [2.45, 2.75) is 45.4 Å². The van der Waals surface area contributed by atoms with Gasteiger partial charge in [-0.15, -0.1) is 0 Å². The third kappa shape index (κ3) is 1.63. The molecule has 0 aromatic heterocycles. The first-order valence-corrected chi connectivity index (χ1v) is 9.23. The molecule has 124 valence electrons. The predicted octanol–water partition coefficient (Wildman–Crippen LogP) is 6.61. The molecule has 3 aromatic carbocycles. The van der Waals surface area contributed by atoms with E-state index in [1.54, 1.807) is 0 Å². The van der Waals surface area contributed by atoms with Gasteiger partial charge in [-0.05, 0) is 57.0 Å². The number of hydrogen-bond donors (Lipinski definition) is 0. The highest BCUT2D eigenvalue weighted by molar-refractivity contribution is 5.92. The quantitative estimate of drug-likeness (QED) is 0.436. The zero-order valence-electron chi connectivity index (χ0n) is 15.7. The van der Waals surface area contributed by atoms with Crippen molar-refractivity contribution in [1.29, 1.82) is 0 Å². The first-order valence-electron chi connectivity index (χ1n) is 9.23. The van der Waals surface area contributed by atoms with Crippen molar-refractivity contribution in [2.75, 3.05) is 0 Å². The Bertz CT molecular complexity index is 1050. The molecule has 0 unspecified atom stereocenters. The number of fused-ring (bicyclic) bond motifs is 7. The summed E-state index contributed by atoms with van der Waals surface area (Å²) in [4.78, 5) is 0. The van der Waals surface area contributed by atoms with Gasteiger partial charge in [-0.2, -0.15) is 0 Å². The molecule has 0 bridgehead atoms. The van der Waals surface area contributed by atoms with Gasteiger partial charge in [0.25, 0.3) is 0 Å². The van der Waals surface area contributed by atoms with Crippen LogP contribution in [0.25, 0.3) is 22.3 Å². The molecule has 0 nitrogen and oxygen atoms in total. The fourth-order valence-corrected chi connectivity index (χ4v) is 5.41. The van der Waals surface area contributed by atoms with E-state index in [-0.39, 0.29) is 10.8 Å². The summed E-state index contributed by atoms with van der Waals surface area (Å²) in [5.74, 6) is 0. The van der Waals surface area contributed by atoms with Gasteiger partial charge < -0.3 is 0 Å². The second kappa shape index (κ2) is 4.43. The molecule has 0 saturated carbocycles. The maximum absolute atomic E-state index is 2.40. The van der Waals surface area contributed by atoms with Gasteiger partial charge in [-0.25, -0.2) is 0 Å².